The maximum absolute atomic E-state index is 13.6. The highest BCUT2D eigenvalue weighted by Crippen LogP contribution is 2.25. The summed E-state index contributed by atoms with van der Waals surface area (Å²) in [7, 11) is 0. The van der Waals surface area contributed by atoms with Crippen LogP contribution >= 0.6 is 11.8 Å². The summed E-state index contributed by atoms with van der Waals surface area (Å²) in [6, 6.07) is 3.85. The van der Waals surface area contributed by atoms with Crippen molar-refractivity contribution in [1.82, 2.24) is 0 Å². The Labute approximate surface area is 109 Å². The van der Waals surface area contributed by atoms with Crippen LogP contribution in [0.15, 0.2) is 12.1 Å². The average Bonchev–Trinajstić information content (AvgIpc) is 2.38. The number of hydrogen-bond acceptors (Lipinski definition) is 3. The summed E-state index contributed by atoms with van der Waals surface area (Å²) in [6.45, 7) is 0.584. The number of nitrogens with one attached hydrogen (secondary N) is 1. The van der Waals surface area contributed by atoms with Crippen molar-refractivity contribution in [3.63, 3.8) is 0 Å². The van der Waals surface area contributed by atoms with E-state index < -0.39 is 11.6 Å². The Kier molecular flexibility index (Phi) is 4.43. The number of anilines is 1. The molecule has 0 unspecified atom stereocenters. The topological polar surface area (TPSA) is 35.8 Å². The van der Waals surface area contributed by atoms with Crippen LogP contribution in [0.4, 0.5) is 14.5 Å². The maximum atomic E-state index is 13.6. The van der Waals surface area contributed by atoms with Crippen molar-refractivity contribution in [3.8, 4) is 6.07 Å². The molecule has 2 nitrogen and oxygen atoms in total. The van der Waals surface area contributed by atoms with Gasteiger partial charge in [0.05, 0.1) is 11.6 Å². The molecule has 2 rings (SSSR count). The van der Waals surface area contributed by atoms with Crippen LogP contribution in [-0.4, -0.2) is 18.1 Å². The Morgan fingerprint density at radius 1 is 1.28 bits per heavy atom. The van der Waals surface area contributed by atoms with Gasteiger partial charge in [0.25, 0.3) is 0 Å². The van der Waals surface area contributed by atoms with Crippen molar-refractivity contribution < 1.29 is 8.78 Å². The van der Waals surface area contributed by atoms with Crippen molar-refractivity contribution in [1.29, 1.82) is 5.26 Å². The Morgan fingerprint density at radius 3 is 2.44 bits per heavy atom. The first-order chi connectivity index (χ1) is 8.70. The second kappa shape index (κ2) is 6.05. The lowest BCUT2D eigenvalue weighted by atomic mass is 10.0. The molecule has 1 aromatic carbocycles. The van der Waals surface area contributed by atoms with Crippen LogP contribution in [0.1, 0.15) is 18.4 Å². The molecule has 0 amide bonds. The molecule has 1 heterocycles. The summed E-state index contributed by atoms with van der Waals surface area (Å²) in [4.78, 5) is 0. The van der Waals surface area contributed by atoms with Crippen LogP contribution in [0.2, 0.25) is 0 Å². The van der Waals surface area contributed by atoms with Gasteiger partial charge in [0, 0.05) is 6.54 Å². The monoisotopic (exact) mass is 268 g/mol. The first-order valence-electron chi connectivity index (χ1n) is 5.91. The van der Waals surface area contributed by atoms with Crippen molar-refractivity contribution in [2.24, 2.45) is 5.92 Å². The molecule has 1 aliphatic heterocycles. The minimum Gasteiger partial charge on any atom is -0.380 e. The van der Waals surface area contributed by atoms with Crippen molar-refractivity contribution in [2.45, 2.75) is 12.8 Å². The Morgan fingerprint density at radius 2 is 1.89 bits per heavy atom. The summed E-state index contributed by atoms with van der Waals surface area (Å²) in [6.07, 6.45) is 2.16. The second-order valence-corrected chi connectivity index (χ2v) is 5.59. The van der Waals surface area contributed by atoms with Gasteiger partial charge in [0.2, 0.25) is 0 Å². The van der Waals surface area contributed by atoms with Crippen molar-refractivity contribution in [3.05, 3.63) is 29.3 Å². The quantitative estimate of drug-likeness (QED) is 0.912. The van der Waals surface area contributed by atoms with E-state index in [0.717, 1.165) is 36.5 Å². The summed E-state index contributed by atoms with van der Waals surface area (Å²) in [5.41, 5.74) is -0.114. The third-order valence-corrected chi connectivity index (χ3v) is 4.13. The fourth-order valence-corrected chi connectivity index (χ4v) is 3.21. The molecule has 0 aliphatic carbocycles. The highest BCUT2D eigenvalue weighted by Gasteiger charge is 2.16. The van der Waals surface area contributed by atoms with E-state index in [2.05, 4.69) is 5.32 Å². The summed E-state index contributed by atoms with van der Waals surface area (Å²) in [5, 5.41) is 11.4. The SMILES string of the molecule is N#Cc1cc(F)c(NCC2CCSCC2)c(F)c1. The molecule has 5 heteroatoms. The average molecular weight is 268 g/mol. The van der Waals surface area contributed by atoms with Crippen LogP contribution in [0.25, 0.3) is 0 Å². The zero-order chi connectivity index (χ0) is 13.0. The molecule has 96 valence electrons. The van der Waals surface area contributed by atoms with E-state index in [1.807, 2.05) is 11.8 Å². The summed E-state index contributed by atoms with van der Waals surface area (Å²) in [5.74, 6) is 1.31. The number of halogens is 2. The summed E-state index contributed by atoms with van der Waals surface area (Å²) >= 11 is 1.92. The van der Waals surface area contributed by atoms with E-state index in [9.17, 15) is 8.78 Å². The number of thioether (sulfide) groups is 1. The van der Waals surface area contributed by atoms with E-state index in [4.69, 9.17) is 5.26 Å². The standard InChI is InChI=1S/C13H14F2N2S/c14-11-5-10(7-16)6-12(15)13(11)17-8-9-1-3-18-4-2-9/h5-6,9,17H,1-4,8H2. The Bertz CT molecular complexity index is 442. The normalized spacial score (nSPS) is 16.3. The van der Waals surface area contributed by atoms with Gasteiger partial charge in [-0.3, -0.25) is 0 Å². The third kappa shape index (κ3) is 3.14. The predicted molar refractivity (Wildman–Crippen MR) is 69.6 cm³/mol. The molecule has 1 N–H and O–H groups in total. The van der Waals surface area contributed by atoms with Gasteiger partial charge in [0.15, 0.2) is 11.6 Å². The first-order valence-corrected chi connectivity index (χ1v) is 7.07. The van der Waals surface area contributed by atoms with Gasteiger partial charge in [0.1, 0.15) is 5.69 Å². The maximum Gasteiger partial charge on any atom is 0.150 e. The van der Waals surface area contributed by atoms with E-state index in [0.29, 0.717) is 12.5 Å². The lowest BCUT2D eigenvalue weighted by Crippen LogP contribution is -2.20. The lowest BCUT2D eigenvalue weighted by molar-refractivity contribution is 0.510. The van der Waals surface area contributed by atoms with E-state index >= 15 is 0 Å². The van der Waals surface area contributed by atoms with Gasteiger partial charge in [-0.25, -0.2) is 8.78 Å². The molecule has 1 fully saturated rings. The van der Waals surface area contributed by atoms with Gasteiger partial charge in [-0.15, -0.1) is 0 Å². The van der Waals surface area contributed by atoms with Gasteiger partial charge in [-0.05, 0) is 42.4 Å². The number of nitriles is 1. The molecule has 0 spiro atoms. The summed E-state index contributed by atoms with van der Waals surface area (Å²) < 4.78 is 27.2. The molecule has 0 radical (unpaired) electrons. The number of rotatable bonds is 3. The lowest BCUT2D eigenvalue weighted by Gasteiger charge is -2.22. The van der Waals surface area contributed by atoms with Gasteiger partial charge < -0.3 is 5.32 Å². The largest absolute Gasteiger partial charge is 0.380 e. The van der Waals surface area contributed by atoms with Crippen molar-refractivity contribution in [2.75, 3.05) is 23.4 Å². The molecule has 0 saturated carbocycles. The second-order valence-electron chi connectivity index (χ2n) is 4.36. The molecule has 18 heavy (non-hydrogen) atoms. The number of nitrogens with zero attached hydrogens (tertiary/aromatic N) is 1. The molecule has 1 aliphatic rings. The van der Waals surface area contributed by atoms with E-state index in [1.165, 1.54) is 0 Å². The smallest absolute Gasteiger partial charge is 0.150 e. The van der Waals surface area contributed by atoms with Crippen LogP contribution in [0.3, 0.4) is 0 Å². The molecule has 0 atom stereocenters. The van der Waals surface area contributed by atoms with Gasteiger partial charge in [-0.1, -0.05) is 0 Å². The molecule has 0 aromatic heterocycles. The van der Waals surface area contributed by atoms with Crippen molar-refractivity contribution >= 4 is 17.4 Å². The predicted octanol–water partition coefficient (Wildman–Crippen LogP) is 3.39. The molecule has 1 aromatic rings. The highest BCUT2D eigenvalue weighted by atomic mass is 32.2. The first kappa shape index (κ1) is 13.2. The van der Waals surface area contributed by atoms with Gasteiger partial charge >= 0.3 is 0 Å². The van der Waals surface area contributed by atoms with Crippen LogP contribution in [0.5, 0.6) is 0 Å². The fourth-order valence-electron chi connectivity index (χ4n) is 2.00. The molecular weight excluding hydrogens is 254 g/mol. The van der Waals surface area contributed by atoms with Crippen LogP contribution in [0, 0.1) is 28.9 Å². The molecular formula is C13H14F2N2S. The van der Waals surface area contributed by atoms with Crippen LogP contribution < -0.4 is 5.32 Å². The number of hydrogen-bond donors (Lipinski definition) is 1. The Balaban J connectivity index is 2.02. The fraction of sp³-hybridized carbons (Fsp3) is 0.462. The third-order valence-electron chi connectivity index (χ3n) is 3.08. The zero-order valence-corrected chi connectivity index (χ0v) is 10.7. The minimum atomic E-state index is -0.697. The van der Waals surface area contributed by atoms with E-state index in [1.54, 1.807) is 6.07 Å². The minimum absolute atomic E-state index is 0.00427. The zero-order valence-electron chi connectivity index (χ0n) is 9.88. The highest BCUT2D eigenvalue weighted by molar-refractivity contribution is 7.99. The molecule has 1 saturated heterocycles. The Hall–Kier alpha value is -1.28. The number of benzene rings is 1. The molecule has 0 bridgehead atoms. The van der Waals surface area contributed by atoms with Crippen LogP contribution in [-0.2, 0) is 0 Å². The van der Waals surface area contributed by atoms with Gasteiger partial charge in [-0.2, -0.15) is 17.0 Å². The van der Waals surface area contributed by atoms with E-state index in [-0.39, 0.29) is 11.3 Å².